The minimum absolute atomic E-state index is 0.163. The second-order valence-electron chi connectivity index (χ2n) is 5.73. The van der Waals surface area contributed by atoms with Crippen LogP contribution in [0, 0.1) is 6.92 Å². The van der Waals surface area contributed by atoms with Gasteiger partial charge in [0.2, 0.25) is 5.91 Å². The normalized spacial score (nSPS) is 17.8. The molecular formula is C16H25N3O2. The molecule has 0 radical (unpaired) electrons. The molecule has 116 valence electrons. The van der Waals surface area contributed by atoms with Crippen molar-refractivity contribution in [2.24, 2.45) is 0 Å². The third-order valence-electron chi connectivity index (χ3n) is 3.99. The van der Waals surface area contributed by atoms with Crippen molar-refractivity contribution in [2.75, 3.05) is 32.7 Å². The predicted octanol–water partition coefficient (Wildman–Crippen LogP) is 0.848. The number of hydrogen-bond donors (Lipinski definition) is 1. The Labute approximate surface area is 126 Å². The van der Waals surface area contributed by atoms with Gasteiger partial charge in [-0.25, -0.2) is 0 Å². The van der Waals surface area contributed by atoms with Crippen LogP contribution in [0.25, 0.3) is 0 Å². The molecule has 0 unspecified atom stereocenters. The van der Waals surface area contributed by atoms with E-state index in [1.807, 2.05) is 30.9 Å². The standard InChI is InChI=1S/C16H25N3O2/c1-3-15(20)12-18-6-8-19(9-7-18)16(21)10-14-5-4-13(2)17-11-14/h4-5,11,15,20H,3,6-10,12H2,1-2H3/t15-/m1/s1. The molecule has 2 heterocycles. The van der Waals surface area contributed by atoms with E-state index in [-0.39, 0.29) is 12.0 Å². The molecule has 1 aromatic heterocycles. The summed E-state index contributed by atoms with van der Waals surface area (Å²) in [5.74, 6) is 0.163. The molecule has 0 spiro atoms. The van der Waals surface area contributed by atoms with Crippen molar-refractivity contribution >= 4 is 5.91 Å². The number of hydrogen-bond acceptors (Lipinski definition) is 4. The van der Waals surface area contributed by atoms with Gasteiger partial charge in [0.25, 0.3) is 0 Å². The number of carbonyl (C=O) groups excluding carboxylic acids is 1. The van der Waals surface area contributed by atoms with E-state index in [0.717, 1.165) is 43.9 Å². The SMILES string of the molecule is CC[C@@H](O)CN1CCN(C(=O)Cc2ccc(C)nc2)CC1. The molecule has 1 fully saturated rings. The van der Waals surface area contributed by atoms with Crippen LogP contribution < -0.4 is 0 Å². The smallest absolute Gasteiger partial charge is 0.227 e. The van der Waals surface area contributed by atoms with Crippen LogP contribution in [0.5, 0.6) is 0 Å². The highest BCUT2D eigenvalue weighted by Gasteiger charge is 2.22. The number of rotatable bonds is 5. The first-order valence-corrected chi connectivity index (χ1v) is 7.68. The Balaban J connectivity index is 1.79. The molecule has 1 aliphatic rings. The van der Waals surface area contributed by atoms with E-state index < -0.39 is 0 Å². The molecule has 5 nitrogen and oxygen atoms in total. The Bertz CT molecular complexity index is 453. The van der Waals surface area contributed by atoms with Gasteiger partial charge in [0.05, 0.1) is 12.5 Å². The molecule has 5 heteroatoms. The molecule has 0 saturated carbocycles. The number of amides is 1. The van der Waals surface area contributed by atoms with Gasteiger partial charge in [0.15, 0.2) is 0 Å². The summed E-state index contributed by atoms with van der Waals surface area (Å²) >= 11 is 0. The van der Waals surface area contributed by atoms with E-state index in [0.29, 0.717) is 13.0 Å². The molecule has 1 atom stereocenters. The quantitative estimate of drug-likeness (QED) is 0.874. The summed E-state index contributed by atoms with van der Waals surface area (Å²) in [4.78, 5) is 20.6. The van der Waals surface area contributed by atoms with Crippen molar-refractivity contribution in [1.29, 1.82) is 0 Å². The lowest BCUT2D eigenvalue weighted by atomic mass is 10.1. The van der Waals surface area contributed by atoms with Crippen molar-refractivity contribution in [3.8, 4) is 0 Å². The minimum Gasteiger partial charge on any atom is -0.392 e. The van der Waals surface area contributed by atoms with Gasteiger partial charge in [-0.2, -0.15) is 0 Å². The number of pyridine rings is 1. The number of aromatic nitrogens is 1. The lowest BCUT2D eigenvalue weighted by molar-refractivity contribution is -0.132. The molecule has 1 aliphatic heterocycles. The van der Waals surface area contributed by atoms with Gasteiger partial charge in [-0.05, 0) is 25.0 Å². The fourth-order valence-electron chi connectivity index (χ4n) is 2.50. The number of aliphatic hydroxyl groups is 1. The van der Waals surface area contributed by atoms with Crippen LogP contribution in [0.4, 0.5) is 0 Å². The highest BCUT2D eigenvalue weighted by molar-refractivity contribution is 5.78. The minimum atomic E-state index is -0.258. The van der Waals surface area contributed by atoms with Gasteiger partial charge in [-0.15, -0.1) is 0 Å². The van der Waals surface area contributed by atoms with Crippen molar-refractivity contribution < 1.29 is 9.90 Å². The van der Waals surface area contributed by atoms with Gasteiger partial charge in [-0.1, -0.05) is 13.0 Å². The number of carbonyl (C=O) groups is 1. The number of nitrogens with zero attached hydrogens (tertiary/aromatic N) is 3. The molecular weight excluding hydrogens is 266 g/mol. The Morgan fingerprint density at radius 3 is 2.62 bits per heavy atom. The summed E-state index contributed by atoms with van der Waals surface area (Å²) in [6, 6.07) is 3.90. The highest BCUT2D eigenvalue weighted by atomic mass is 16.3. The van der Waals surface area contributed by atoms with Crippen LogP contribution in [0.3, 0.4) is 0 Å². The summed E-state index contributed by atoms with van der Waals surface area (Å²) in [5.41, 5.74) is 1.93. The molecule has 0 aromatic carbocycles. The van der Waals surface area contributed by atoms with E-state index in [2.05, 4.69) is 9.88 Å². The summed E-state index contributed by atoms with van der Waals surface area (Å²) in [5, 5.41) is 9.67. The molecule has 0 aliphatic carbocycles. The third kappa shape index (κ3) is 4.79. The third-order valence-corrected chi connectivity index (χ3v) is 3.99. The Morgan fingerprint density at radius 1 is 1.33 bits per heavy atom. The fraction of sp³-hybridized carbons (Fsp3) is 0.625. The average molecular weight is 291 g/mol. The molecule has 1 N–H and O–H groups in total. The number of aryl methyl sites for hydroxylation is 1. The van der Waals surface area contributed by atoms with Crippen molar-refractivity contribution in [1.82, 2.24) is 14.8 Å². The fourth-order valence-corrected chi connectivity index (χ4v) is 2.50. The summed E-state index contributed by atoms with van der Waals surface area (Å²) in [7, 11) is 0. The first kappa shape index (κ1) is 15.9. The van der Waals surface area contributed by atoms with Crippen molar-refractivity contribution in [2.45, 2.75) is 32.8 Å². The first-order chi connectivity index (χ1) is 10.1. The zero-order valence-electron chi connectivity index (χ0n) is 13.0. The average Bonchev–Trinajstić information content (AvgIpc) is 2.50. The van der Waals surface area contributed by atoms with Crippen LogP contribution in [-0.2, 0) is 11.2 Å². The Morgan fingerprint density at radius 2 is 2.05 bits per heavy atom. The monoisotopic (exact) mass is 291 g/mol. The van der Waals surface area contributed by atoms with Crippen LogP contribution in [-0.4, -0.2) is 64.6 Å². The van der Waals surface area contributed by atoms with Crippen molar-refractivity contribution in [3.63, 3.8) is 0 Å². The topological polar surface area (TPSA) is 56.7 Å². The molecule has 1 saturated heterocycles. The van der Waals surface area contributed by atoms with E-state index in [9.17, 15) is 9.90 Å². The van der Waals surface area contributed by atoms with E-state index in [1.165, 1.54) is 0 Å². The number of β-amino-alcohol motifs (C(OH)–C–C–N with tert-alkyl or cyclic N) is 1. The van der Waals surface area contributed by atoms with Crippen LogP contribution >= 0.6 is 0 Å². The zero-order chi connectivity index (χ0) is 15.2. The molecule has 1 amide bonds. The highest BCUT2D eigenvalue weighted by Crippen LogP contribution is 2.08. The summed E-state index contributed by atoms with van der Waals surface area (Å²) in [6.07, 6.45) is 2.72. The van der Waals surface area contributed by atoms with Gasteiger partial charge in [0, 0.05) is 44.6 Å². The maximum atomic E-state index is 12.3. The molecule has 2 rings (SSSR count). The molecule has 0 bridgehead atoms. The van der Waals surface area contributed by atoms with E-state index in [1.54, 1.807) is 6.20 Å². The van der Waals surface area contributed by atoms with Gasteiger partial charge < -0.3 is 10.0 Å². The van der Waals surface area contributed by atoms with Crippen LogP contribution in [0.1, 0.15) is 24.6 Å². The second-order valence-corrected chi connectivity index (χ2v) is 5.73. The predicted molar refractivity (Wildman–Crippen MR) is 82.0 cm³/mol. The number of piperazine rings is 1. The van der Waals surface area contributed by atoms with E-state index in [4.69, 9.17) is 0 Å². The lowest BCUT2D eigenvalue weighted by Crippen LogP contribution is -2.50. The maximum Gasteiger partial charge on any atom is 0.227 e. The van der Waals surface area contributed by atoms with Gasteiger partial charge in [-0.3, -0.25) is 14.7 Å². The van der Waals surface area contributed by atoms with Gasteiger partial charge in [0.1, 0.15) is 0 Å². The summed E-state index contributed by atoms with van der Waals surface area (Å²) < 4.78 is 0. The summed E-state index contributed by atoms with van der Waals surface area (Å²) in [6.45, 7) is 7.81. The van der Waals surface area contributed by atoms with Gasteiger partial charge >= 0.3 is 0 Å². The Kier molecular flexibility index (Phi) is 5.70. The van der Waals surface area contributed by atoms with E-state index >= 15 is 0 Å². The second kappa shape index (κ2) is 7.52. The zero-order valence-corrected chi connectivity index (χ0v) is 13.0. The maximum absolute atomic E-state index is 12.3. The Hall–Kier alpha value is -1.46. The molecule has 1 aromatic rings. The largest absolute Gasteiger partial charge is 0.392 e. The first-order valence-electron chi connectivity index (χ1n) is 7.68. The van der Waals surface area contributed by atoms with Crippen LogP contribution in [0.15, 0.2) is 18.3 Å². The van der Waals surface area contributed by atoms with Crippen LogP contribution in [0.2, 0.25) is 0 Å². The lowest BCUT2D eigenvalue weighted by Gasteiger charge is -2.35. The van der Waals surface area contributed by atoms with Crippen molar-refractivity contribution in [3.05, 3.63) is 29.6 Å². The number of aliphatic hydroxyl groups excluding tert-OH is 1. The molecule has 21 heavy (non-hydrogen) atoms.